The van der Waals surface area contributed by atoms with Gasteiger partial charge in [0.15, 0.2) is 11.5 Å². The Morgan fingerprint density at radius 3 is 2.29 bits per heavy atom. The fourth-order valence-electron chi connectivity index (χ4n) is 2.82. The lowest BCUT2D eigenvalue weighted by atomic mass is 10.2. The van der Waals surface area contributed by atoms with Crippen LogP contribution in [0, 0.1) is 6.92 Å². The molecular formula is C22H16F6N2O4. The first-order valence-corrected chi connectivity index (χ1v) is 9.42. The predicted molar refractivity (Wildman–Crippen MR) is 108 cm³/mol. The molecule has 0 radical (unpaired) electrons. The molecule has 0 saturated carbocycles. The van der Waals surface area contributed by atoms with Gasteiger partial charge in [-0.3, -0.25) is 9.78 Å². The maximum Gasteiger partial charge on any atom is 0.573 e. The van der Waals surface area contributed by atoms with E-state index in [4.69, 9.17) is 9.47 Å². The van der Waals surface area contributed by atoms with E-state index >= 15 is 0 Å². The van der Waals surface area contributed by atoms with E-state index in [2.05, 4.69) is 15.0 Å². The van der Waals surface area contributed by atoms with E-state index in [1.165, 1.54) is 0 Å². The number of anilines is 1. The minimum atomic E-state index is -4.97. The van der Waals surface area contributed by atoms with Gasteiger partial charge >= 0.3 is 12.5 Å². The van der Waals surface area contributed by atoms with Crippen molar-refractivity contribution in [3.05, 3.63) is 71.5 Å². The Balaban J connectivity index is 1.99. The highest BCUT2D eigenvalue weighted by molar-refractivity contribution is 6.06. The van der Waals surface area contributed by atoms with Crippen LogP contribution in [-0.4, -0.2) is 24.4 Å². The minimum absolute atomic E-state index is 0.263. The molecular weight excluding hydrogens is 470 g/mol. The number of methoxy groups -OCH3 is 1. The zero-order valence-corrected chi connectivity index (χ0v) is 17.5. The van der Waals surface area contributed by atoms with Crippen LogP contribution in [0.1, 0.15) is 21.6 Å². The third-order valence-corrected chi connectivity index (χ3v) is 4.27. The van der Waals surface area contributed by atoms with Crippen LogP contribution in [0.25, 0.3) is 0 Å². The second-order valence-corrected chi connectivity index (χ2v) is 6.85. The van der Waals surface area contributed by atoms with Gasteiger partial charge < -0.3 is 19.5 Å². The number of rotatable bonds is 6. The van der Waals surface area contributed by atoms with Gasteiger partial charge in [0.2, 0.25) is 0 Å². The fourth-order valence-corrected chi connectivity index (χ4v) is 2.82. The van der Waals surface area contributed by atoms with Crippen LogP contribution >= 0.6 is 0 Å². The number of benzene rings is 2. The molecule has 0 fully saturated rings. The molecule has 0 unspecified atom stereocenters. The average Bonchev–Trinajstić information content (AvgIpc) is 2.73. The van der Waals surface area contributed by atoms with Gasteiger partial charge in [0, 0.05) is 24.0 Å². The molecule has 0 aliphatic carbocycles. The summed E-state index contributed by atoms with van der Waals surface area (Å²) in [6.07, 6.45) is -9.13. The van der Waals surface area contributed by atoms with E-state index in [1.54, 1.807) is 31.2 Å². The standard InChI is InChI=1S/C22H16F6N2O4/c1-12-4-3-5-13(8-12)30-20(31)15-11-29-19(21(23,24)25)10-17(15)33-16-7-6-14(9-18(16)32-2)34-22(26,27)28/h3-11H,1-2H3,(H,30,31). The number of carbonyl (C=O) groups excluding carboxylic acids is 1. The smallest absolute Gasteiger partial charge is 0.493 e. The van der Waals surface area contributed by atoms with E-state index in [1.807, 2.05) is 0 Å². The van der Waals surface area contributed by atoms with E-state index in [0.29, 0.717) is 18.0 Å². The molecule has 0 bridgehead atoms. The number of pyridine rings is 1. The topological polar surface area (TPSA) is 69.7 Å². The van der Waals surface area contributed by atoms with Crippen molar-refractivity contribution in [1.29, 1.82) is 0 Å². The fraction of sp³-hybridized carbons (Fsp3) is 0.182. The Hall–Kier alpha value is -3.96. The number of aromatic nitrogens is 1. The third kappa shape index (κ3) is 6.30. The number of hydrogen-bond donors (Lipinski definition) is 1. The summed E-state index contributed by atoms with van der Waals surface area (Å²) in [6.45, 7) is 1.78. The number of nitrogens with one attached hydrogen (secondary N) is 1. The number of aryl methyl sites for hydroxylation is 1. The molecule has 0 saturated heterocycles. The minimum Gasteiger partial charge on any atom is -0.493 e. The van der Waals surface area contributed by atoms with Crippen molar-refractivity contribution in [3.8, 4) is 23.0 Å². The second-order valence-electron chi connectivity index (χ2n) is 6.85. The second kappa shape index (κ2) is 9.49. The quantitative estimate of drug-likeness (QED) is 0.411. The molecule has 1 heterocycles. The predicted octanol–water partition coefficient (Wildman–Crippen LogP) is 6.36. The average molecular weight is 486 g/mol. The van der Waals surface area contributed by atoms with Crippen LogP contribution in [0.3, 0.4) is 0 Å². The molecule has 3 rings (SSSR count). The maximum absolute atomic E-state index is 13.2. The van der Waals surface area contributed by atoms with Crippen LogP contribution in [0.15, 0.2) is 54.7 Å². The van der Waals surface area contributed by atoms with Crippen molar-refractivity contribution < 1.29 is 45.3 Å². The first-order valence-electron chi connectivity index (χ1n) is 9.42. The number of amides is 1. The van der Waals surface area contributed by atoms with Crippen molar-refractivity contribution in [2.24, 2.45) is 0 Å². The van der Waals surface area contributed by atoms with Gasteiger partial charge in [-0.1, -0.05) is 12.1 Å². The highest BCUT2D eigenvalue weighted by atomic mass is 19.4. The molecule has 12 heteroatoms. The Labute approximate surface area is 189 Å². The Morgan fingerprint density at radius 1 is 0.941 bits per heavy atom. The molecule has 1 N–H and O–H groups in total. The van der Waals surface area contributed by atoms with Crippen LogP contribution in [-0.2, 0) is 6.18 Å². The molecule has 3 aromatic rings. The number of alkyl halides is 6. The van der Waals surface area contributed by atoms with Crippen LogP contribution in [0.2, 0.25) is 0 Å². The number of carbonyl (C=O) groups is 1. The summed E-state index contributed by atoms with van der Waals surface area (Å²) in [5.41, 5.74) is -0.495. The Kier molecular flexibility index (Phi) is 6.89. The van der Waals surface area contributed by atoms with Gasteiger partial charge in [-0.25, -0.2) is 0 Å². The lowest BCUT2D eigenvalue weighted by molar-refractivity contribution is -0.274. The van der Waals surface area contributed by atoms with Crippen molar-refractivity contribution in [3.63, 3.8) is 0 Å². The zero-order valence-electron chi connectivity index (χ0n) is 17.5. The highest BCUT2D eigenvalue weighted by Gasteiger charge is 2.34. The molecule has 0 atom stereocenters. The molecule has 0 spiro atoms. The number of ether oxygens (including phenoxy) is 3. The summed E-state index contributed by atoms with van der Waals surface area (Å²) < 4.78 is 91.3. The number of nitrogens with zero attached hydrogens (tertiary/aromatic N) is 1. The van der Waals surface area contributed by atoms with Crippen molar-refractivity contribution in [2.75, 3.05) is 12.4 Å². The van der Waals surface area contributed by atoms with Crippen molar-refractivity contribution >= 4 is 11.6 Å². The monoisotopic (exact) mass is 486 g/mol. The number of halogens is 6. The van der Waals surface area contributed by atoms with Crippen molar-refractivity contribution in [2.45, 2.75) is 19.5 Å². The summed E-state index contributed by atoms with van der Waals surface area (Å²) in [4.78, 5) is 16.1. The lowest BCUT2D eigenvalue weighted by Gasteiger charge is -2.16. The third-order valence-electron chi connectivity index (χ3n) is 4.27. The first-order chi connectivity index (χ1) is 15.9. The highest BCUT2D eigenvalue weighted by Crippen LogP contribution is 2.39. The molecule has 1 aromatic heterocycles. The normalized spacial score (nSPS) is 11.6. The van der Waals surface area contributed by atoms with Gasteiger partial charge in [-0.05, 0) is 36.8 Å². The molecule has 34 heavy (non-hydrogen) atoms. The molecule has 2 aromatic carbocycles. The summed E-state index contributed by atoms with van der Waals surface area (Å²) in [5.74, 6) is -2.55. The molecule has 6 nitrogen and oxygen atoms in total. The van der Waals surface area contributed by atoms with Gasteiger partial charge in [0.1, 0.15) is 22.8 Å². The van der Waals surface area contributed by atoms with Crippen LogP contribution in [0.4, 0.5) is 32.0 Å². The first kappa shape index (κ1) is 24.7. The molecule has 0 aliphatic rings. The van der Waals surface area contributed by atoms with Crippen molar-refractivity contribution in [1.82, 2.24) is 4.98 Å². The van der Waals surface area contributed by atoms with E-state index in [9.17, 15) is 31.1 Å². The Bertz CT molecular complexity index is 1190. The molecule has 180 valence electrons. The number of hydrogen-bond acceptors (Lipinski definition) is 5. The van der Waals surface area contributed by atoms with E-state index < -0.39 is 35.6 Å². The SMILES string of the molecule is COc1cc(OC(F)(F)F)ccc1Oc1cc(C(F)(F)F)ncc1C(=O)Nc1cccc(C)c1. The van der Waals surface area contributed by atoms with Gasteiger partial charge in [0.25, 0.3) is 5.91 Å². The summed E-state index contributed by atoms with van der Waals surface area (Å²) in [7, 11) is 1.11. The Morgan fingerprint density at radius 2 is 1.68 bits per heavy atom. The van der Waals surface area contributed by atoms with Crippen LogP contribution < -0.4 is 19.5 Å². The summed E-state index contributed by atoms with van der Waals surface area (Å²) in [6, 6.07) is 9.88. The van der Waals surface area contributed by atoms with Gasteiger partial charge in [0.05, 0.1) is 7.11 Å². The summed E-state index contributed by atoms with van der Waals surface area (Å²) >= 11 is 0. The van der Waals surface area contributed by atoms with E-state index in [0.717, 1.165) is 30.9 Å². The molecule has 1 amide bonds. The van der Waals surface area contributed by atoms with Crippen LogP contribution in [0.5, 0.6) is 23.0 Å². The molecule has 0 aliphatic heterocycles. The lowest BCUT2D eigenvalue weighted by Crippen LogP contribution is -2.17. The van der Waals surface area contributed by atoms with Gasteiger partial charge in [-0.2, -0.15) is 13.2 Å². The largest absolute Gasteiger partial charge is 0.573 e. The summed E-state index contributed by atoms with van der Waals surface area (Å²) in [5, 5.41) is 2.53. The zero-order chi connectivity index (χ0) is 25.1. The van der Waals surface area contributed by atoms with Gasteiger partial charge in [-0.15, -0.1) is 13.2 Å². The van der Waals surface area contributed by atoms with E-state index in [-0.39, 0.29) is 17.1 Å². The maximum atomic E-state index is 13.2.